The highest BCUT2D eigenvalue weighted by Crippen LogP contribution is 2.43. The molecule has 0 N–H and O–H groups in total. The van der Waals surface area contributed by atoms with Crippen LogP contribution < -0.4 is 0 Å². The second-order valence-electron chi connectivity index (χ2n) is 12.8. The lowest BCUT2D eigenvalue weighted by Gasteiger charge is -2.13. The Morgan fingerprint density at radius 2 is 0.854 bits per heavy atom. The predicted octanol–water partition coefficient (Wildman–Crippen LogP) is 14.2. The molecule has 2 heteroatoms. The summed E-state index contributed by atoms with van der Waals surface area (Å²) in [5.41, 5.74) is 6.45. The molecule has 0 aliphatic heterocycles. The number of rotatable bonds is 4. The number of fused-ring (bicyclic) bond motifs is 9. The minimum Gasteiger partial charge on any atom is -0.135 e. The summed E-state index contributed by atoms with van der Waals surface area (Å²) in [4.78, 5) is 2.64. The number of allylic oxidation sites excluding steroid dienone is 4. The number of hydrogen-bond acceptors (Lipinski definition) is 2. The van der Waals surface area contributed by atoms with Crippen LogP contribution in [-0.4, -0.2) is 0 Å². The van der Waals surface area contributed by atoms with Gasteiger partial charge in [-0.15, -0.1) is 22.7 Å². The van der Waals surface area contributed by atoms with Gasteiger partial charge in [-0.1, -0.05) is 140 Å². The summed E-state index contributed by atoms with van der Waals surface area (Å²) in [6, 6.07) is 52.3. The molecule has 0 bridgehead atoms. The molecule has 0 amide bonds. The van der Waals surface area contributed by atoms with E-state index in [9.17, 15) is 0 Å². The summed E-state index contributed by atoms with van der Waals surface area (Å²) in [5.74, 6) is 0.482. The van der Waals surface area contributed by atoms with Gasteiger partial charge in [0.1, 0.15) is 0 Å². The first kappa shape index (κ1) is 27.8. The van der Waals surface area contributed by atoms with Crippen LogP contribution in [0.25, 0.3) is 84.5 Å². The van der Waals surface area contributed by atoms with Crippen molar-refractivity contribution in [2.45, 2.75) is 12.3 Å². The van der Waals surface area contributed by atoms with Crippen LogP contribution in [0.2, 0.25) is 0 Å². The normalized spacial score (nSPS) is 14.6. The van der Waals surface area contributed by atoms with Crippen molar-refractivity contribution < 1.29 is 0 Å². The first-order valence-corrected chi connectivity index (χ1v) is 18.2. The second-order valence-corrected chi connectivity index (χ2v) is 15.0. The van der Waals surface area contributed by atoms with Crippen LogP contribution in [0.1, 0.15) is 17.9 Å². The highest BCUT2D eigenvalue weighted by molar-refractivity contribution is 7.22. The highest BCUT2D eigenvalue weighted by atomic mass is 32.1. The molecule has 0 radical (unpaired) electrons. The molecular weight excluding hydrogens is 617 g/mol. The maximum Gasteiger partial charge on any atom is 0.0355 e. The largest absolute Gasteiger partial charge is 0.135 e. The molecule has 0 saturated carbocycles. The van der Waals surface area contributed by atoms with Crippen molar-refractivity contribution in [3.63, 3.8) is 0 Å². The van der Waals surface area contributed by atoms with Crippen LogP contribution in [0.5, 0.6) is 0 Å². The lowest BCUT2D eigenvalue weighted by Crippen LogP contribution is -1.95. The molecule has 7 aromatic carbocycles. The summed E-state index contributed by atoms with van der Waals surface area (Å²) < 4.78 is 2.67. The molecule has 1 unspecified atom stereocenters. The van der Waals surface area contributed by atoms with Gasteiger partial charge in [0.05, 0.1) is 0 Å². The van der Waals surface area contributed by atoms with Crippen molar-refractivity contribution in [1.29, 1.82) is 0 Å². The van der Waals surface area contributed by atoms with Crippen LogP contribution in [0.15, 0.2) is 164 Å². The highest BCUT2D eigenvalue weighted by Gasteiger charge is 2.14. The summed E-state index contributed by atoms with van der Waals surface area (Å²) in [7, 11) is 0. The van der Waals surface area contributed by atoms with E-state index in [0.717, 1.165) is 6.42 Å². The monoisotopic (exact) mass is 646 g/mol. The van der Waals surface area contributed by atoms with Gasteiger partial charge in [0, 0.05) is 35.8 Å². The Morgan fingerprint density at radius 3 is 1.38 bits per heavy atom. The summed E-state index contributed by atoms with van der Waals surface area (Å²) in [6.45, 7) is 0. The zero-order chi connectivity index (χ0) is 31.6. The quantitative estimate of drug-likeness (QED) is 0.167. The van der Waals surface area contributed by atoms with Crippen LogP contribution in [-0.2, 0) is 0 Å². The summed E-state index contributed by atoms with van der Waals surface area (Å²) >= 11 is 3.77. The molecule has 0 spiro atoms. The van der Waals surface area contributed by atoms with Gasteiger partial charge >= 0.3 is 0 Å². The Morgan fingerprint density at radius 1 is 0.396 bits per heavy atom. The van der Waals surface area contributed by atoms with Gasteiger partial charge in [0.2, 0.25) is 0 Å². The van der Waals surface area contributed by atoms with Crippen molar-refractivity contribution >= 4 is 75.2 Å². The standard InChI is InChI=1S/C46H30S2/c1-3-7-29(8-4-1)31-11-15-33(16-12-31)45-27-41-39-21-19-36-35(37(39)23-25-43(41)47-45)20-22-40-38(36)24-26-44-42(40)28-46(48-44)34-17-13-32(14-18-34)30-9-5-2-6-10-30/h1-9,11-28,30H,10H2. The Labute approximate surface area is 287 Å². The van der Waals surface area contributed by atoms with Crippen molar-refractivity contribution in [2.75, 3.05) is 0 Å². The molecule has 1 atom stereocenters. The molecule has 0 fully saturated rings. The van der Waals surface area contributed by atoms with Gasteiger partial charge in [0.25, 0.3) is 0 Å². The van der Waals surface area contributed by atoms with Crippen LogP contribution >= 0.6 is 22.7 Å². The van der Waals surface area contributed by atoms with Crippen molar-refractivity contribution in [1.82, 2.24) is 0 Å². The Balaban J connectivity index is 1.03. The van der Waals surface area contributed by atoms with Gasteiger partial charge in [-0.05, 0) is 90.8 Å². The molecular formula is C46H30S2. The van der Waals surface area contributed by atoms with Gasteiger partial charge < -0.3 is 0 Å². The maximum atomic E-state index is 2.40. The molecule has 1 aliphatic carbocycles. The Kier molecular flexibility index (Phi) is 6.46. The van der Waals surface area contributed by atoms with E-state index in [1.54, 1.807) is 0 Å². The fraction of sp³-hybridized carbons (Fsp3) is 0.0435. The van der Waals surface area contributed by atoms with E-state index in [4.69, 9.17) is 0 Å². The molecule has 9 aromatic rings. The van der Waals surface area contributed by atoms with E-state index < -0.39 is 0 Å². The molecule has 48 heavy (non-hydrogen) atoms. The molecule has 1 aliphatic rings. The predicted molar refractivity (Wildman–Crippen MR) is 212 cm³/mol. The third-order valence-electron chi connectivity index (χ3n) is 10.1. The van der Waals surface area contributed by atoms with E-state index in [0.29, 0.717) is 5.92 Å². The second kappa shape index (κ2) is 11.2. The van der Waals surface area contributed by atoms with E-state index >= 15 is 0 Å². The first-order chi connectivity index (χ1) is 23.8. The minimum atomic E-state index is 0.482. The SMILES string of the molecule is C1=CCC(c2ccc(-c3cc4c(ccc5c4ccc4c6ccc7sc(-c8ccc(-c9ccccc9)cc8)cc7c6ccc54)s3)cc2)C=C1. The van der Waals surface area contributed by atoms with Crippen molar-refractivity contribution in [3.05, 3.63) is 169 Å². The fourth-order valence-corrected chi connectivity index (χ4v) is 9.71. The van der Waals surface area contributed by atoms with Crippen LogP contribution in [0.3, 0.4) is 0 Å². The zero-order valence-electron chi connectivity index (χ0n) is 26.2. The van der Waals surface area contributed by atoms with Crippen LogP contribution in [0, 0.1) is 0 Å². The summed E-state index contributed by atoms with van der Waals surface area (Å²) in [5, 5.41) is 10.6. The maximum absolute atomic E-state index is 2.40. The third kappa shape index (κ3) is 4.56. The minimum absolute atomic E-state index is 0.482. The van der Waals surface area contributed by atoms with Gasteiger partial charge in [-0.2, -0.15) is 0 Å². The van der Waals surface area contributed by atoms with Gasteiger partial charge in [0.15, 0.2) is 0 Å². The molecule has 2 aromatic heterocycles. The zero-order valence-corrected chi connectivity index (χ0v) is 27.8. The van der Waals surface area contributed by atoms with Crippen molar-refractivity contribution in [2.24, 2.45) is 0 Å². The average molecular weight is 647 g/mol. The van der Waals surface area contributed by atoms with Crippen LogP contribution in [0.4, 0.5) is 0 Å². The molecule has 10 rings (SSSR count). The first-order valence-electron chi connectivity index (χ1n) is 16.6. The van der Waals surface area contributed by atoms with Gasteiger partial charge in [-0.25, -0.2) is 0 Å². The third-order valence-corrected chi connectivity index (χ3v) is 12.4. The fourth-order valence-electron chi connectivity index (χ4n) is 7.54. The smallest absolute Gasteiger partial charge is 0.0355 e. The number of thiophene rings is 2. The lowest BCUT2D eigenvalue weighted by molar-refractivity contribution is 0.854. The van der Waals surface area contributed by atoms with Crippen molar-refractivity contribution in [3.8, 4) is 32.0 Å². The lowest BCUT2D eigenvalue weighted by atomic mass is 9.92. The average Bonchev–Trinajstić information content (AvgIpc) is 3.81. The number of benzene rings is 7. The van der Waals surface area contributed by atoms with Gasteiger partial charge in [-0.3, -0.25) is 0 Å². The van der Waals surface area contributed by atoms with E-state index in [2.05, 4.69) is 164 Å². The Hall–Kier alpha value is -5.28. The number of hydrogen-bond donors (Lipinski definition) is 0. The molecule has 0 nitrogen and oxygen atoms in total. The molecule has 0 saturated heterocycles. The molecule has 2 heterocycles. The van der Waals surface area contributed by atoms with E-state index in [1.165, 1.54) is 90.1 Å². The molecule has 226 valence electrons. The summed E-state index contributed by atoms with van der Waals surface area (Å²) in [6.07, 6.45) is 9.95. The van der Waals surface area contributed by atoms with E-state index in [-0.39, 0.29) is 0 Å². The topological polar surface area (TPSA) is 0 Å². The van der Waals surface area contributed by atoms with E-state index in [1.807, 2.05) is 22.7 Å². The Bertz CT molecular complexity index is 2720.